The number of nitrogens with zero attached hydrogens (tertiary/aromatic N) is 3. The molecule has 10 nitrogen and oxygen atoms in total. The van der Waals surface area contributed by atoms with Gasteiger partial charge in [-0.2, -0.15) is 5.26 Å². The molecule has 0 aliphatic rings. The van der Waals surface area contributed by atoms with Crippen LogP contribution in [-0.4, -0.2) is 33.5 Å². The molecule has 10 heteroatoms. The molecule has 0 spiro atoms. The Morgan fingerprint density at radius 2 is 1.45 bits per heavy atom. The molecule has 0 atom stereocenters. The first-order chi connectivity index (χ1) is 19.7. The van der Waals surface area contributed by atoms with Crippen molar-refractivity contribution >= 4 is 46.0 Å². The van der Waals surface area contributed by atoms with Crippen molar-refractivity contribution in [1.29, 1.82) is 5.26 Å². The molecule has 3 aromatic carbocycles. The fourth-order valence-electron chi connectivity index (χ4n) is 4.01. The van der Waals surface area contributed by atoms with Gasteiger partial charge in [-0.15, -0.1) is 0 Å². The molecule has 0 aliphatic heterocycles. The average Bonchev–Trinajstić information content (AvgIpc) is 2.93. The summed E-state index contributed by atoms with van der Waals surface area (Å²) >= 11 is 0. The van der Waals surface area contributed by atoms with Crippen LogP contribution in [0.3, 0.4) is 0 Å². The summed E-state index contributed by atoms with van der Waals surface area (Å²) in [6.07, 6.45) is 2.47. The summed E-state index contributed by atoms with van der Waals surface area (Å²) in [7, 11) is 0. The second-order valence-electron chi connectivity index (χ2n) is 11.4. The number of carbonyl (C=O) groups excluding carboxylic acids is 3. The molecule has 1 aromatic heterocycles. The third kappa shape index (κ3) is 7.26. The fourth-order valence-corrected chi connectivity index (χ4v) is 4.01. The van der Waals surface area contributed by atoms with Crippen molar-refractivity contribution in [1.82, 2.24) is 9.97 Å². The van der Waals surface area contributed by atoms with Gasteiger partial charge in [0.1, 0.15) is 5.60 Å². The van der Waals surface area contributed by atoms with Gasteiger partial charge in [-0.25, -0.2) is 4.79 Å². The molecule has 0 fully saturated rings. The quantitative estimate of drug-likeness (QED) is 0.239. The van der Waals surface area contributed by atoms with Crippen LogP contribution >= 0.6 is 0 Å². The van der Waals surface area contributed by atoms with Crippen LogP contribution in [-0.2, 0) is 10.2 Å². The van der Waals surface area contributed by atoms with Gasteiger partial charge in [-0.3, -0.25) is 24.9 Å². The lowest BCUT2D eigenvalue weighted by atomic mass is 9.85. The van der Waals surface area contributed by atoms with Gasteiger partial charge in [0, 0.05) is 40.6 Å². The Kier molecular flexibility index (Phi) is 8.24. The maximum Gasteiger partial charge on any atom is 0.412 e. The van der Waals surface area contributed by atoms with E-state index >= 15 is 0 Å². The van der Waals surface area contributed by atoms with Crippen LogP contribution in [0.1, 0.15) is 66.5 Å². The SMILES string of the molecule is Cc1ccc(NC(=O)c2cc(NC(=O)OC(C)(C)C)cc(C(C)(C)C#N)c2)cc1NC(=O)c1ccc2nccnc2c1. The molecule has 0 saturated heterocycles. The maximum absolute atomic E-state index is 13.4. The van der Waals surface area contributed by atoms with Crippen molar-refractivity contribution in [3.63, 3.8) is 0 Å². The van der Waals surface area contributed by atoms with Crippen molar-refractivity contribution < 1.29 is 19.1 Å². The zero-order valence-corrected chi connectivity index (χ0v) is 24.3. The summed E-state index contributed by atoms with van der Waals surface area (Å²) in [5.41, 5.74) is 2.89. The Morgan fingerprint density at radius 1 is 0.762 bits per heavy atom. The molecule has 4 aromatic rings. The standard InChI is InChI=1S/C32H32N6O4/c1-19-7-9-23(17-26(19)38-28(39)20-8-10-25-27(15-20)35-12-11-34-25)36-29(40)21-13-22(32(5,6)18-33)16-24(14-21)37-30(41)42-31(2,3)4/h7-17H,1-6H3,(H,36,40)(H,37,41)(H,38,39). The summed E-state index contributed by atoms with van der Waals surface area (Å²) in [5.74, 6) is -0.800. The Labute approximate surface area is 244 Å². The first-order valence-corrected chi connectivity index (χ1v) is 13.2. The van der Waals surface area contributed by atoms with E-state index in [1.54, 1.807) is 95.5 Å². The van der Waals surface area contributed by atoms with Crippen molar-refractivity contribution in [2.45, 2.75) is 52.6 Å². The monoisotopic (exact) mass is 564 g/mol. The summed E-state index contributed by atoms with van der Waals surface area (Å²) in [6, 6.07) is 17.2. The van der Waals surface area contributed by atoms with E-state index in [0.717, 1.165) is 5.56 Å². The second kappa shape index (κ2) is 11.7. The lowest BCUT2D eigenvalue weighted by Crippen LogP contribution is -2.27. The average molecular weight is 565 g/mol. The first-order valence-electron chi connectivity index (χ1n) is 13.2. The van der Waals surface area contributed by atoms with E-state index in [1.165, 1.54) is 6.07 Å². The van der Waals surface area contributed by atoms with E-state index in [0.29, 0.717) is 39.2 Å². The van der Waals surface area contributed by atoms with Gasteiger partial charge in [-0.1, -0.05) is 6.07 Å². The summed E-state index contributed by atoms with van der Waals surface area (Å²) in [4.78, 5) is 47.3. The number of aromatic nitrogens is 2. The minimum absolute atomic E-state index is 0.227. The van der Waals surface area contributed by atoms with Crippen molar-refractivity contribution in [2.24, 2.45) is 0 Å². The fraction of sp³-hybridized carbons (Fsp3) is 0.250. The number of carbonyl (C=O) groups is 3. The summed E-state index contributed by atoms with van der Waals surface area (Å²) in [5, 5.41) is 18.1. The van der Waals surface area contributed by atoms with Crippen LogP contribution in [0.25, 0.3) is 11.0 Å². The predicted octanol–water partition coefficient (Wildman–Crippen LogP) is 6.59. The van der Waals surface area contributed by atoms with Gasteiger partial charge >= 0.3 is 6.09 Å². The van der Waals surface area contributed by atoms with E-state index in [-0.39, 0.29) is 11.5 Å². The lowest BCUT2D eigenvalue weighted by molar-refractivity contribution is 0.0635. The van der Waals surface area contributed by atoms with Crippen LogP contribution in [0.5, 0.6) is 0 Å². The van der Waals surface area contributed by atoms with Gasteiger partial charge in [0.2, 0.25) is 0 Å². The molecule has 42 heavy (non-hydrogen) atoms. The molecule has 0 unspecified atom stereocenters. The molecule has 214 valence electrons. The highest BCUT2D eigenvalue weighted by Crippen LogP contribution is 2.28. The minimum Gasteiger partial charge on any atom is -0.444 e. The lowest BCUT2D eigenvalue weighted by Gasteiger charge is -2.21. The molecule has 0 saturated carbocycles. The second-order valence-corrected chi connectivity index (χ2v) is 11.4. The molecular weight excluding hydrogens is 532 g/mol. The molecule has 3 N–H and O–H groups in total. The van der Waals surface area contributed by atoms with E-state index in [2.05, 4.69) is 32.0 Å². The van der Waals surface area contributed by atoms with Gasteiger partial charge in [0.25, 0.3) is 11.8 Å². The topological polar surface area (TPSA) is 146 Å². The predicted molar refractivity (Wildman–Crippen MR) is 162 cm³/mol. The Balaban J connectivity index is 1.57. The normalized spacial score (nSPS) is 11.4. The molecule has 3 amide bonds. The number of rotatable bonds is 6. The molecule has 1 heterocycles. The van der Waals surface area contributed by atoms with Crippen LogP contribution in [0, 0.1) is 18.3 Å². The van der Waals surface area contributed by atoms with E-state index < -0.39 is 23.0 Å². The third-order valence-corrected chi connectivity index (χ3v) is 6.32. The number of anilines is 3. The summed E-state index contributed by atoms with van der Waals surface area (Å²) < 4.78 is 5.34. The number of ether oxygens (including phenoxy) is 1. The van der Waals surface area contributed by atoms with E-state index in [9.17, 15) is 19.6 Å². The van der Waals surface area contributed by atoms with Gasteiger partial charge < -0.3 is 15.4 Å². The minimum atomic E-state index is -0.934. The number of aryl methyl sites for hydroxylation is 1. The molecular formula is C32H32N6O4. The number of hydrogen-bond donors (Lipinski definition) is 3. The smallest absolute Gasteiger partial charge is 0.412 e. The van der Waals surface area contributed by atoms with Crippen LogP contribution in [0.2, 0.25) is 0 Å². The number of nitrogens with one attached hydrogen (secondary N) is 3. The molecule has 0 aliphatic carbocycles. The largest absolute Gasteiger partial charge is 0.444 e. The highest BCUT2D eigenvalue weighted by atomic mass is 16.6. The van der Waals surface area contributed by atoms with Gasteiger partial charge in [0.15, 0.2) is 0 Å². The van der Waals surface area contributed by atoms with E-state index in [1.807, 2.05) is 6.92 Å². The zero-order chi connectivity index (χ0) is 30.7. The Bertz CT molecular complexity index is 1730. The van der Waals surface area contributed by atoms with Crippen LogP contribution in [0.4, 0.5) is 21.9 Å². The summed E-state index contributed by atoms with van der Waals surface area (Å²) in [6.45, 7) is 10.5. The third-order valence-electron chi connectivity index (χ3n) is 6.32. The Morgan fingerprint density at radius 3 is 2.14 bits per heavy atom. The van der Waals surface area contributed by atoms with E-state index in [4.69, 9.17) is 4.74 Å². The van der Waals surface area contributed by atoms with Gasteiger partial charge in [0.05, 0.1) is 22.5 Å². The number of fused-ring (bicyclic) bond motifs is 1. The van der Waals surface area contributed by atoms with Crippen molar-refractivity contribution in [2.75, 3.05) is 16.0 Å². The first kappa shape index (κ1) is 29.7. The van der Waals surface area contributed by atoms with Crippen LogP contribution < -0.4 is 16.0 Å². The number of benzene rings is 3. The Hall–Kier alpha value is -5.30. The number of hydrogen-bond acceptors (Lipinski definition) is 7. The van der Waals surface area contributed by atoms with Crippen molar-refractivity contribution in [3.05, 3.63) is 89.2 Å². The highest BCUT2D eigenvalue weighted by molar-refractivity contribution is 6.08. The van der Waals surface area contributed by atoms with Crippen LogP contribution in [0.15, 0.2) is 67.0 Å². The zero-order valence-electron chi connectivity index (χ0n) is 24.3. The molecule has 0 radical (unpaired) electrons. The number of nitriles is 1. The highest BCUT2D eigenvalue weighted by Gasteiger charge is 2.24. The van der Waals surface area contributed by atoms with Crippen molar-refractivity contribution in [3.8, 4) is 6.07 Å². The number of amides is 3. The molecule has 0 bridgehead atoms. The maximum atomic E-state index is 13.4. The molecule has 4 rings (SSSR count). The van der Waals surface area contributed by atoms with Gasteiger partial charge in [-0.05, 0) is 101 Å².